The summed E-state index contributed by atoms with van der Waals surface area (Å²) >= 11 is 0. The molecule has 0 aliphatic carbocycles. The molecule has 0 aliphatic heterocycles. The number of methoxy groups -OCH3 is 1. The molecular weight excluding hydrogens is 254 g/mol. The van der Waals surface area contributed by atoms with Crippen molar-refractivity contribution in [1.82, 2.24) is 0 Å². The van der Waals surface area contributed by atoms with Gasteiger partial charge in [-0.15, -0.1) is 0 Å². The third-order valence-corrected chi connectivity index (χ3v) is 3.13. The molecule has 0 amide bonds. The maximum absolute atomic E-state index is 9.88. The largest absolute Gasteiger partial charge is 0.507 e. The van der Waals surface area contributed by atoms with Gasteiger partial charge >= 0.3 is 0 Å². The molecule has 2 N–H and O–H groups in total. The summed E-state index contributed by atoms with van der Waals surface area (Å²) in [5, 5.41) is 22.4. The molecule has 0 unspecified atom stereocenters. The Hall–Kier alpha value is -2.49. The predicted molar refractivity (Wildman–Crippen MR) is 77.7 cm³/mol. The average molecular weight is 271 g/mol. The molecule has 2 aromatic carbocycles. The minimum Gasteiger partial charge on any atom is -0.507 e. The van der Waals surface area contributed by atoms with E-state index in [0.29, 0.717) is 23.4 Å². The number of phenolic OH excluding ortho intramolecular Hbond substituents is 1. The van der Waals surface area contributed by atoms with E-state index in [0.717, 1.165) is 12.0 Å². The summed E-state index contributed by atoms with van der Waals surface area (Å²) in [5.41, 5.74) is 2.07. The standard InChI is InChI=1S/C16H17NO3/c1-20-13-8-10-16(18)14(11-13)15(17-19)9-7-12-5-3-2-4-6-12/h2-6,8,10-11,18-19H,7,9H2,1H3. The van der Waals surface area contributed by atoms with Gasteiger partial charge in [0.2, 0.25) is 0 Å². The van der Waals surface area contributed by atoms with Crippen molar-refractivity contribution < 1.29 is 15.1 Å². The molecule has 0 aromatic heterocycles. The zero-order valence-electron chi connectivity index (χ0n) is 11.3. The van der Waals surface area contributed by atoms with Gasteiger partial charge in [-0.2, -0.15) is 0 Å². The van der Waals surface area contributed by atoms with Crippen molar-refractivity contribution >= 4 is 5.71 Å². The zero-order chi connectivity index (χ0) is 14.4. The van der Waals surface area contributed by atoms with Crippen LogP contribution < -0.4 is 4.74 Å². The maximum atomic E-state index is 9.88. The van der Waals surface area contributed by atoms with Crippen LogP contribution in [0.5, 0.6) is 11.5 Å². The van der Waals surface area contributed by atoms with Crippen LogP contribution >= 0.6 is 0 Å². The van der Waals surface area contributed by atoms with E-state index in [2.05, 4.69) is 5.16 Å². The highest BCUT2D eigenvalue weighted by Crippen LogP contribution is 2.25. The summed E-state index contributed by atoms with van der Waals surface area (Å²) < 4.78 is 5.12. The number of phenols is 1. The van der Waals surface area contributed by atoms with Crippen LogP contribution in [-0.2, 0) is 6.42 Å². The van der Waals surface area contributed by atoms with Crippen LogP contribution in [0.25, 0.3) is 0 Å². The van der Waals surface area contributed by atoms with Crippen LogP contribution in [0.2, 0.25) is 0 Å². The van der Waals surface area contributed by atoms with Gasteiger partial charge in [-0.05, 0) is 36.6 Å². The number of oxime groups is 1. The highest BCUT2D eigenvalue weighted by molar-refractivity contribution is 6.02. The molecule has 2 rings (SSSR count). The van der Waals surface area contributed by atoms with Gasteiger partial charge in [0.1, 0.15) is 11.5 Å². The van der Waals surface area contributed by atoms with Gasteiger partial charge in [-0.1, -0.05) is 35.5 Å². The van der Waals surface area contributed by atoms with Crippen molar-refractivity contribution in [3.05, 3.63) is 59.7 Å². The first-order valence-electron chi connectivity index (χ1n) is 6.37. The highest BCUT2D eigenvalue weighted by atomic mass is 16.5. The van der Waals surface area contributed by atoms with Gasteiger partial charge < -0.3 is 15.1 Å². The molecule has 4 heteroatoms. The first-order valence-corrected chi connectivity index (χ1v) is 6.37. The predicted octanol–water partition coefficient (Wildman–Crippen LogP) is 3.21. The Labute approximate surface area is 117 Å². The van der Waals surface area contributed by atoms with Gasteiger partial charge in [0.25, 0.3) is 0 Å². The van der Waals surface area contributed by atoms with Gasteiger partial charge in [-0.3, -0.25) is 0 Å². The van der Waals surface area contributed by atoms with Crippen molar-refractivity contribution in [3.63, 3.8) is 0 Å². The Kier molecular flexibility index (Phi) is 4.60. The summed E-state index contributed by atoms with van der Waals surface area (Å²) in [4.78, 5) is 0. The fraction of sp³-hybridized carbons (Fsp3) is 0.188. The lowest BCUT2D eigenvalue weighted by Crippen LogP contribution is -2.04. The first kappa shape index (κ1) is 13.9. The Morgan fingerprint density at radius 3 is 2.55 bits per heavy atom. The smallest absolute Gasteiger partial charge is 0.125 e. The summed E-state index contributed by atoms with van der Waals surface area (Å²) in [7, 11) is 1.55. The molecule has 0 saturated heterocycles. The Balaban J connectivity index is 2.17. The summed E-state index contributed by atoms with van der Waals surface area (Å²) in [6.07, 6.45) is 1.26. The fourth-order valence-electron chi connectivity index (χ4n) is 2.02. The van der Waals surface area contributed by atoms with Crippen LogP contribution in [0.1, 0.15) is 17.5 Å². The van der Waals surface area contributed by atoms with Crippen LogP contribution in [0.15, 0.2) is 53.7 Å². The maximum Gasteiger partial charge on any atom is 0.125 e. The van der Waals surface area contributed by atoms with E-state index < -0.39 is 0 Å². The number of hydrogen-bond donors (Lipinski definition) is 2. The van der Waals surface area contributed by atoms with Crippen LogP contribution in [-0.4, -0.2) is 23.1 Å². The lowest BCUT2D eigenvalue weighted by molar-refractivity contribution is 0.317. The van der Waals surface area contributed by atoms with Crippen molar-refractivity contribution in [3.8, 4) is 11.5 Å². The molecule has 0 aliphatic rings. The molecule has 4 nitrogen and oxygen atoms in total. The van der Waals surface area contributed by atoms with Crippen molar-refractivity contribution in [1.29, 1.82) is 0 Å². The molecule has 104 valence electrons. The molecule has 20 heavy (non-hydrogen) atoms. The second-order valence-corrected chi connectivity index (χ2v) is 4.42. The van der Waals surface area contributed by atoms with Crippen LogP contribution in [0, 0.1) is 0 Å². The van der Waals surface area contributed by atoms with E-state index >= 15 is 0 Å². The lowest BCUT2D eigenvalue weighted by Gasteiger charge is -2.09. The van der Waals surface area contributed by atoms with Gasteiger partial charge in [0.15, 0.2) is 0 Å². The molecule has 0 atom stereocenters. The summed E-state index contributed by atoms with van der Waals surface area (Å²) in [6, 6.07) is 14.8. The lowest BCUT2D eigenvalue weighted by atomic mass is 10.0. The number of aryl methyl sites for hydroxylation is 1. The van der Waals surface area contributed by atoms with Crippen molar-refractivity contribution in [2.24, 2.45) is 5.16 Å². The Bertz CT molecular complexity index is 594. The monoisotopic (exact) mass is 271 g/mol. The molecule has 0 fully saturated rings. The minimum atomic E-state index is 0.0756. The first-order chi connectivity index (χ1) is 9.74. The molecular formula is C16H17NO3. The van der Waals surface area contributed by atoms with E-state index in [9.17, 15) is 10.3 Å². The van der Waals surface area contributed by atoms with Crippen LogP contribution in [0.3, 0.4) is 0 Å². The van der Waals surface area contributed by atoms with E-state index in [4.69, 9.17) is 4.74 Å². The van der Waals surface area contributed by atoms with Gasteiger partial charge in [0.05, 0.1) is 12.8 Å². The third kappa shape index (κ3) is 3.29. The molecule has 2 aromatic rings. The normalized spacial score (nSPS) is 11.3. The fourth-order valence-corrected chi connectivity index (χ4v) is 2.02. The molecule has 0 radical (unpaired) electrons. The number of aromatic hydroxyl groups is 1. The Morgan fingerprint density at radius 1 is 1.15 bits per heavy atom. The minimum absolute atomic E-state index is 0.0756. The highest BCUT2D eigenvalue weighted by Gasteiger charge is 2.11. The van der Waals surface area contributed by atoms with Gasteiger partial charge in [-0.25, -0.2) is 0 Å². The van der Waals surface area contributed by atoms with Gasteiger partial charge in [0, 0.05) is 5.56 Å². The Morgan fingerprint density at radius 2 is 1.90 bits per heavy atom. The third-order valence-electron chi connectivity index (χ3n) is 3.13. The number of ether oxygens (including phenoxy) is 1. The average Bonchev–Trinajstić information content (AvgIpc) is 2.50. The van der Waals surface area contributed by atoms with Crippen molar-refractivity contribution in [2.75, 3.05) is 7.11 Å². The SMILES string of the molecule is COc1ccc(O)c(C(CCc2ccccc2)=NO)c1. The van der Waals surface area contributed by atoms with Crippen molar-refractivity contribution in [2.45, 2.75) is 12.8 Å². The number of hydrogen-bond acceptors (Lipinski definition) is 4. The van der Waals surface area contributed by atoms with E-state index in [1.54, 1.807) is 19.2 Å². The number of rotatable bonds is 5. The van der Waals surface area contributed by atoms with E-state index in [-0.39, 0.29) is 5.75 Å². The summed E-state index contributed by atoms with van der Waals surface area (Å²) in [6.45, 7) is 0. The molecule has 0 spiro atoms. The topological polar surface area (TPSA) is 62.0 Å². The molecule has 0 heterocycles. The molecule has 0 saturated carbocycles. The van der Waals surface area contributed by atoms with E-state index in [1.165, 1.54) is 6.07 Å². The quantitative estimate of drug-likeness (QED) is 0.498. The molecule has 0 bridgehead atoms. The number of benzene rings is 2. The summed E-state index contributed by atoms with van der Waals surface area (Å²) in [5.74, 6) is 0.685. The second-order valence-electron chi connectivity index (χ2n) is 4.42. The zero-order valence-corrected chi connectivity index (χ0v) is 11.3. The second kappa shape index (κ2) is 6.61. The number of nitrogens with zero attached hydrogens (tertiary/aromatic N) is 1. The van der Waals surface area contributed by atoms with Crippen LogP contribution in [0.4, 0.5) is 0 Å². The van der Waals surface area contributed by atoms with E-state index in [1.807, 2.05) is 30.3 Å².